The van der Waals surface area contributed by atoms with Crippen LogP contribution in [0.5, 0.6) is 11.5 Å². The number of hydrogen-bond donors (Lipinski definition) is 2. The van der Waals surface area contributed by atoms with E-state index >= 15 is 0 Å². The molecule has 3 aromatic rings. The van der Waals surface area contributed by atoms with Crippen LogP contribution in [0.1, 0.15) is 21.5 Å². The van der Waals surface area contributed by atoms with Crippen LogP contribution < -0.4 is 14.2 Å². The summed E-state index contributed by atoms with van der Waals surface area (Å²) in [6, 6.07) is 17.9. The lowest BCUT2D eigenvalue weighted by atomic mass is 10.2. The molecule has 0 saturated heterocycles. The fourth-order valence-electron chi connectivity index (χ4n) is 2.98. The standard InChI is InChI=1S/C23H23NO6S/c1-16-7-12-22(17(2)15-16)31(27,28)24-20-5-3-4-6-21(20)30-14-13-29-19-10-8-18(9-11-19)23(25)26/h3-12,15,24H,13-14H2,1-2H3,(H,25,26). The Hall–Kier alpha value is -3.52. The van der Waals surface area contributed by atoms with Crippen molar-refractivity contribution in [3.05, 3.63) is 83.4 Å². The smallest absolute Gasteiger partial charge is 0.335 e. The second-order valence-electron chi connectivity index (χ2n) is 6.90. The number of carboxylic acids is 1. The van der Waals surface area contributed by atoms with Crippen LogP contribution in [0.25, 0.3) is 0 Å². The maximum Gasteiger partial charge on any atom is 0.335 e. The highest BCUT2D eigenvalue weighted by molar-refractivity contribution is 7.92. The van der Waals surface area contributed by atoms with Crippen molar-refractivity contribution in [1.29, 1.82) is 0 Å². The normalized spacial score (nSPS) is 11.0. The molecule has 0 saturated carbocycles. The summed E-state index contributed by atoms with van der Waals surface area (Å²) in [7, 11) is -3.78. The molecule has 0 unspecified atom stereocenters. The Morgan fingerprint density at radius 2 is 1.61 bits per heavy atom. The molecule has 0 aliphatic heterocycles. The summed E-state index contributed by atoms with van der Waals surface area (Å²) >= 11 is 0. The lowest BCUT2D eigenvalue weighted by molar-refractivity contribution is 0.0697. The second kappa shape index (κ2) is 9.53. The van der Waals surface area contributed by atoms with E-state index < -0.39 is 16.0 Å². The van der Waals surface area contributed by atoms with Gasteiger partial charge >= 0.3 is 5.97 Å². The average molecular weight is 442 g/mol. The second-order valence-corrected chi connectivity index (χ2v) is 8.55. The molecule has 0 atom stereocenters. The van der Waals surface area contributed by atoms with Gasteiger partial charge in [0.1, 0.15) is 24.7 Å². The molecule has 3 rings (SSSR count). The number of rotatable bonds is 9. The SMILES string of the molecule is Cc1ccc(S(=O)(=O)Nc2ccccc2OCCOc2ccc(C(=O)O)cc2)c(C)c1. The number of ether oxygens (including phenoxy) is 2. The molecule has 0 aromatic heterocycles. The van der Waals surface area contributed by atoms with Gasteiger partial charge in [-0.3, -0.25) is 4.72 Å². The Labute approximate surface area is 181 Å². The Morgan fingerprint density at radius 3 is 2.29 bits per heavy atom. The Bertz CT molecular complexity index is 1170. The van der Waals surface area contributed by atoms with Crippen molar-refractivity contribution in [3.63, 3.8) is 0 Å². The molecule has 0 radical (unpaired) electrons. The molecule has 0 aliphatic carbocycles. The molecule has 0 aliphatic rings. The van der Waals surface area contributed by atoms with Crippen LogP contribution in [0.3, 0.4) is 0 Å². The maximum absolute atomic E-state index is 12.8. The van der Waals surface area contributed by atoms with Crippen molar-refractivity contribution < 1.29 is 27.8 Å². The van der Waals surface area contributed by atoms with Crippen molar-refractivity contribution >= 4 is 21.7 Å². The summed E-state index contributed by atoms with van der Waals surface area (Å²) in [6.07, 6.45) is 0. The molecule has 7 nitrogen and oxygen atoms in total. The Kier molecular flexibility index (Phi) is 6.81. The first kappa shape index (κ1) is 22.2. The summed E-state index contributed by atoms with van der Waals surface area (Å²) in [6.45, 7) is 4.03. The molecular formula is C23H23NO6S. The quantitative estimate of drug-likeness (QED) is 0.481. The first-order valence-electron chi connectivity index (χ1n) is 9.54. The number of carbonyl (C=O) groups is 1. The van der Waals surface area contributed by atoms with Crippen LogP contribution in [-0.4, -0.2) is 32.7 Å². The summed E-state index contributed by atoms with van der Waals surface area (Å²) in [5, 5.41) is 8.91. The van der Waals surface area contributed by atoms with E-state index in [1.165, 1.54) is 12.1 Å². The van der Waals surface area contributed by atoms with E-state index in [0.29, 0.717) is 22.7 Å². The van der Waals surface area contributed by atoms with Gasteiger partial charge in [0, 0.05) is 0 Å². The van der Waals surface area contributed by atoms with Crippen molar-refractivity contribution in [2.75, 3.05) is 17.9 Å². The minimum atomic E-state index is -3.78. The van der Waals surface area contributed by atoms with Gasteiger partial charge in [0.25, 0.3) is 10.0 Å². The Balaban J connectivity index is 1.63. The molecule has 31 heavy (non-hydrogen) atoms. The van der Waals surface area contributed by atoms with Crippen LogP contribution in [0.2, 0.25) is 0 Å². The van der Waals surface area contributed by atoms with Crippen LogP contribution in [0.4, 0.5) is 5.69 Å². The van der Waals surface area contributed by atoms with Crippen molar-refractivity contribution in [2.24, 2.45) is 0 Å². The third-order valence-electron chi connectivity index (χ3n) is 4.46. The van der Waals surface area contributed by atoms with Gasteiger partial charge in [-0.05, 0) is 61.9 Å². The van der Waals surface area contributed by atoms with Gasteiger partial charge in [-0.25, -0.2) is 13.2 Å². The molecule has 0 heterocycles. The van der Waals surface area contributed by atoms with E-state index in [-0.39, 0.29) is 23.7 Å². The molecule has 0 bridgehead atoms. The van der Waals surface area contributed by atoms with Gasteiger partial charge in [0.2, 0.25) is 0 Å². The fourth-order valence-corrected chi connectivity index (χ4v) is 4.28. The van der Waals surface area contributed by atoms with Gasteiger partial charge in [0.05, 0.1) is 16.1 Å². The third-order valence-corrected chi connectivity index (χ3v) is 5.99. The minimum absolute atomic E-state index is 0.170. The lowest BCUT2D eigenvalue weighted by Gasteiger charge is -2.15. The fraction of sp³-hybridized carbons (Fsp3) is 0.174. The van der Waals surface area contributed by atoms with E-state index in [1.54, 1.807) is 55.5 Å². The zero-order chi connectivity index (χ0) is 22.4. The van der Waals surface area contributed by atoms with Gasteiger partial charge in [-0.1, -0.05) is 29.8 Å². The highest BCUT2D eigenvalue weighted by Crippen LogP contribution is 2.28. The number of hydrogen-bond acceptors (Lipinski definition) is 5. The van der Waals surface area contributed by atoms with Crippen LogP contribution in [-0.2, 0) is 10.0 Å². The number of sulfonamides is 1. The summed E-state index contributed by atoms with van der Waals surface area (Å²) < 4.78 is 39.5. The summed E-state index contributed by atoms with van der Waals surface area (Å²) in [5.41, 5.74) is 2.15. The highest BCUT2D eigenvalue weighted by Gasteiger charge is 2.18. The number of carboxylic acid groups (broad SMARTS) is 1. The summed E-state index contributed by atoms with van der Waals surface area (Å²) in [5.74, 6) is -0.118. The zero-order valence-electron chi connectivity index (χ0n) is 17.2. The molecular weight excluding hydrogens is 418 g/mol. The van der Waals surface area contributed by atoms with E-state index in [9.17, 15) is 13.2 Å². The minimum Gasteiger partial charge on any atom is -0.490 e. The molecule has 162 valence electrons. The molecule has 0 amide bonds. The predicted molar refractivity (Wildman–Crippen MR) is 118 cm³/mol. The molecule has 3 aromatic carbocycles. The summed E-state index contributed by atoms with van der Waals surface area (Å²) in [4.78, 5) is 11.1. The number of anilines is 1. The Morgan fingerprint density at radius 1 is 0.935 bits per heavy atom. The van der Waals surface area contributed by atoms with Gasteiger partial charge < -0.3 is 14.6 Å². The molecule has 2 N–H and O–H groups in total. The topological polar surface area (TPSA) is 102 Å². The number of benzene rings is 3. The number of aryl methyl sites for hydroxylation is 2. The van der Waals surface area contributed by atoms with Crippen LogP contribution >= 0.6 is 0 Å². The van der Waals surface area contributed by atoms with Gasteiger partial charge in [0.15, 0.2) is 0 Å². The van der Waals surface area contributed by atoms with Crippen molar-refractivity contribution in [2.45, 2.75) is 18.7 Å². The van der Waals surface area contributed by atoms with E-state index in [0.717, 1.165) is 5.56 Å². The van der Waals surface area contributed by atoms with E-state index in [1.807, 2.05) is 13.0 Å². The van der Waals surface area contributed by atoms with Crippen molar-refractivity contribution in [1.82, 2.24) is 0 Å². The number of aromatic carboxylic acids is 1. The predicted octanol–water partition coefficient (Wildman–Crippen LogP) is 4.26. The molecule has 0 spiro atoms. The first-order valence-corrected chi connectivity index (χ1v) is 11.0. The first-order chi connectivity index (χ1) is 14.8. The maximum atomic E-state index is 12.8. The highest BCUT2D eigenvalue weighted by atomic mass is 32.2. The molecule has 8 heteroatoms. The van der Waals surface area contributed by atoms with Crippen molar-refractivity contribution in [3.8, 4) is 11.5 Å². The lowest BCUT2D eigenvalue weighted by Crippen LogP contribution is -2.16. The van der Waals surface area contributed by atoms with Gasteiger partial charge in [-0.2, -0.15) is 0 Å². The number of para-hydroxylation sites is 2. The number of nitrogens with one attached hydrogen (secondary N) is 1. The monoisotopic (exact) mass is 441 g/mol. The van der Waals surface area contributed by atoms with E-state index in [4.69, 9.17) is 14.6 Å². The zero-order valence-corrected chi connectivity index (χ0v) is 18.0. The van der Waals surface area contributed by atoms with Crippen LogP contribution in [0, 0.1) is 13.8 Å². The van der Waals surface area contributed by atoms with Gasteiger partial charge in [-0.15, -0.1) is 0 Å². The largest absolute Gasteiger partial charge is 0.490 e. The van der Waals surface area contributed by atoms with E-state index in [2.05, 4.69) is 4.72 Å². The van der Waals surface area contributed by atoms with Crippen LogP contribution in [0.15, 0.2) is 71.6 Å². The molecule has 0 fully saturated rings. The third kappa shape index (κ3) is 5.76. The average Bonchev–Trinajstić information content (AvgIpc) is 2.72.